The van der Waals surface area contributed by atoms with Gasteiger partial charge in [0.25, 0.3) is 0 Å². The maximum atomic E-state index is 13.0. The minimum Gasteiger partial charge on any atom is -0.376 e. The summed E-state index contributed by atoms with van der Waals surface area (Å²) < 4.78 is 5.61. The second kappa shape index (κ2) is 6.23. The molecular formula is C15H28N2O2. The number of ether oxygens (including phenoxy) is 1. The van der Waals surface area contributed by atoms with Crippen molar-refractivity contribution in [3.05, 3.63) is 0 Å². The van der Waals surface area contributed by atoms with E-state index in [0.717, 1.165) is 51.8 Å². The van der Waals surface area contributed by atoms with Gasteiger partial charge in [-0.05, 0) is 45.7 Å². The number of carbonyl (C=O) groups excluding carboxylic acids is 1. The Kier molecular flexibility index (Phi) is 4.85. The van der Waals surface area contributed by atoms with Crippen molar-refractivity contribution in [1.29, 1.82) is 0 Å². The van der Waals surface area contributed by atoms with Gasteiger partial charge in [-0.3, -0.25) is 4.79 Å². The van der Waals surface area contributed by atoms with Gasteiger partial charge in [-0.15, -0.1) is 0 Å². The number of nitrogens with one attached hydrogen (secondary N) is 1. The maximum absolute atomic E-state index is 13.0. The third kappa shape index (κ3) is 2.95. The monoisotopic (exact) mass is 268 g/mol. The zero-order valence-corrected chi connectivity index (χ0v) is 12.6. The van der Waals surface area contributed by atoms with Gasteiger partial charge in [-0.25, -0.2) is 0 Å². The first-order valence-corrected chi connectivity index (χ1v) is 7.70. The normalized spacial score (nSPS) is 30.3. The van der Waals surface area contributed by atoms with Gasteiger partial charge in [0.1, 0.15) is 0 Å². The van der Waals surface area contributed by atoms with E-state index in [1.54, 1.807) is 0 Å². The lowest BCUT2D eigenvalue weighted by Gasteiger charge is -2.41. The highest BCUT2D eigenvalue weighted by molar-refractivity contribution is 5.83. The quantitative estimate of drug-likeness (QED) is 0.845. The summed E-state index contributed by atoms with van der Waals surface area (Å²) in [7, 11) is 1.97. The van der Waals surface area contributed by atoms with Gasteiger partial charge in [0.2, 0.25) is 5.91 Å². The Morgan fingerprint density at radius 2 is 2.11 bits per heavy atom. The van der Waals surface area contributed by atoms with Crippen LogP contribution in [0.25, 0.3) is 0 Å². The van der Waals surface area contributed by atoms with Crippen molar-refractivity contribution in [3.8, 4) is 0 Å². The molecule has 2 aliphatic heterocycles. The molecule has 1 amide bonds. The predicted octanol–water partition coefficient (Wildman–Crippen LogP) is 1.79. The van der Waals surface area contributed by atoms with E-state index in [2.05, 4.69) is 19.2 Å². The predicted molar refractivity (Wildman–Crippen MR) is 76.0 cm³/mol. The Morgan fingerprint density at radius 3 is 2.63 bits per heavy atom. The third-order valence-electron chi connectivity index (χ3n) is 4.90. The van der Waals surface area contributed by atoms with Gasteiger partial charge >= 0.3 is 0 Å². The molecule has 0 aliphatic carbocycles. The lowest BCUT2D eigenvalue weighted by molar-refractivity contribution is -0.146. The molecule has 2 saturated heterocycles. The second-order valence-corrected chi connectivity index (χ2v) is 6.13. The smallest absolute Gasteiger partial charge is 0.228 e. The molecule has 2 rings (SSSR count). The number of carbonyl (C=O) groups is 1. The second-order valence-electron chi connectivity index (χ2n) is 6.13. The van der Waals surface area contributed by atoms with Crippen LogP contribution in [-0.2, 0) is 9.53 Å². The molecular weight excluding hydrogens is 240 g/mol. The van der Waals surface area contributed by atoms with Crippen molar-refractivity contribution in [2.45, 2.75) is 58.1 Å². The lowest BCUT2D eigenvalue weighted by Crippen LogP contribution is -2.52. The molecule has 0 spiro atoms. The first kappa shape index (κ1) is 14.8. The molecule has 2 heterocycles. The summed E-state index contributed by atoms with van der Waals surface area (Å²) >= 11 is 0. The van der Waals surface area contributed by atoms with E-state index in [9.17, 15) is 4.79 Å². The van der Waals surface area contributed by atoms with Crippen molar-refractivity contribution >= 4 is 5.91 Å². The van der Waals surface area contributed by atoms with Gasteiger partial charge in [-0.2, -0.15) is 0 Å². The van der Waals surface area contributed by atoms with Gasteiger partial charge < -0.3 is 15.0 Å². The highest BCUT2D eigenvalue weighted by Crippen LogP contribution is 2.37. The first-order valence-electron chi connectivity index (χ1n) is 7.70. The van der Waals surface area contributed by atoms with E-state index in [4.69, 9.17) is 4.74 Å². The number of rotatable bonds is 4. The van der Waals surface area contributed by atoms with Crippen LogP contribution in [0.3, 0.4) is 0 Å². The Morgan fingerprint density at radius 1 is 1.42 bits per heavy atom. The fraction of sp³-hybridized carbons (Fsp3) is 0.933. The minimum atomic E-state index is -0.128. The largest absolute Gasteiger partial charge is 0.376 e. The van der Waals surface area contributed by atoms with Crippen LogP contribution in [0.15, 0.2) is 0 Å². The molecule has 0 saturated carbocycles. The molecule has 2 aliphatic rings. The Hall–Kier alpha value is -0.610. The van der Waals surface area contributed by atoms with Crippen molar-refractivity contribution < 1.29 is 9.53 Å². The first-order chi connectivity index (χ1) is 9.10. The summed E-state index contributed by atoms with van der Waals surface area (Å²) in [6, 6.07) is 0.260. The molecule has 110 valence electrons. The summed E-state index contributed by atoms with van der Waals surface area (Å²) in [5.41, 5.74) is -0.128. The van der Waals surface area contributed by atoms with Gasteiger partial charge in [-0.1, -0.05) is 13.3 Å². The van der Waals surface area contributed by atoms with Crippen LogP contribution in [0.5, 0.6) is 0 Å². The highest BCUT2D eigenvalue weighted by Gasteiger charge is 2.43. The maximum Gasteiger partial charge on any atom is 0.228 e. The zero-order valence-electron chi connectivity index (χ0n) is 12.6. The Bertz CT molecular complexity index is 308. The summed E-state index contributed by atoms with van der Waals surface area (Å²) in [5, 5.41) is 3.37. The van der Waals surface area contributed by atoms with Crippen molar-refractivity contribution in [2.24, 2.45) is 5.41 Å². The van der Waals surface area contributed by atoms with Crippen LogP contribution < -0.4 is 5.32 Å². The van der Waals surface area contributed by atoms with Crippen LogP contribution >= 0.6 is 0 Å². The van der Waals surface area contributed by atoms with Crippen LogP contribution in [-0.4, -0.2) is 49.7 Å². The number of hydrogen-bond acceptors (Lipinski definition) is 3. The molecule has 4 heteroatoms. The molecule has 1 N–H and O–H groups in total. The average Bonchev–Trinajstić information content (AvgIpc) is 2.85. The van der Waals surface area contributed by atoms with E-state index < -0.39 is 0 Å². The molecule has 0 bridgehead atoms. The fourth-order valence-corrected chi connectivity index (χ4v) is 3.71. The average molecular weight is 268 g/mol. The highest BCUT2D eigenvalue weighted by atomic mass is 16.5. The van der Waals surface area contributed by atoms with E-state index >= 15 is 0 Å². The van der Waals surface area contributed by atoms with Crippen molar-refractivity contribution in [1.82, 2.24) is 10.2 Å². The van der Waals surface area contributed by atoms with Crippen LogP contribution in [0.2, 0.25) is 0 Å². The van der Waals surface area contributed by atoms with Gasteiger partial charge in [0, 0.05) is 13.7 Å². The van der Waals surface area contributed by atoms with Crippen LogP contribution in [0, 0.1) is 5.41 Å². The number of piperidine rings is 1. The van der Waals surface area contributed by atoms with Gasteiger partial charge in [0.15, 0.2) is 0 Å². The summed E-state index contributed by atoms with van der Waals surface area (Å²) in [5.74, 6) is 0.346. The number of hydrogen-bond donors (Lipinski definition) is 1. The molecule has 0 aromatic carbocycles. The number of nitrogens with zero attached hydrogens (tertiary/aromatic N) is 1. The van der Waals surface area contributed by atoms with E-state index in [0.29, 0.717) is 5.91 Å². The molecule has 4 nitrogen and oxygen atoms in total. The number of likely N-dealkylation sites (N-methyl/N-ethyl adjacent to an activating group) is 1. The molecule has 0 aromatic rings. The third-order valence-corrected chi connectivity index (χ3v) is 4.90. The molecule has 2 atom stereocenters. The SMILES string of the molecule is CCCC1(C(=O)N(C)C2CCOC2C)CCNCC1. The Labute approximate surface area is 116 Å². The topological polar surface area (TPSA) is 41.6 Å². The van der Waals surface area contributed by atoms with Crippen molar-refractivity contribution in [3.63, 3.8) is 0 Å². The molecule has 0 radical (unpaired) electrons. The standard InChI is InChI=1S/C15H28N2O2/c1-4-6-15(7-9-16-10-8-15)14(18)17(3)13-5-11-19-12(13)2/h12-13,16H,4-11H2,1-3H3. The van der Waals surface area contributed by atoms with Crippen LogP contribution in [0.1, 0.15) is 46.0 Å². The summed E-state index contributed by atoms with van der Waals surface area (Å²) in [6.45, 7) is 6.98. The molecule has 19 heavy (non-hydrogen) atoms. The number of amides is 1. The summed E-state index contributed by atoms with van der Waals surface area (Å²) in [4.78, 5) is 15.0. The van der Waals surface area contributed by atoms with Crippen LogP contribution in [0.4, 0.5) is 0 Å². The Balaban J connectivity index is 2.09. The van der Waals surface area contributed by atoms with Crippen molar-refractivity contribution in [2.75, 3.05) is 26.7 Å². The minimum absolute atomic E-state index is 0.128. The zero-order chi connectivity index (χ0) is 13.9. The van der Waals surface area contributed by atoms with E-state index in [1.807, 2.05) is 11.9 Å². The lowest BCUT2D eigenvalue weighted by atomic mass is 9.74. The molecule has 2 fully saturated rings. The van der Waals surface area contributed by atoms with Gasteiger partial charge in [0.05, 0.1) is 17.6 Å². The summed E-state index contributed by atoms with van der Waals surface area (Å²) in [6.07, 6.45) is 5.20. The van der Waals surface area contributed by atoms with E-state index in [-0.39, 0.29) is 17.6 Å². The fourth-order valence-electron chi connectivity index (χ4n) is 3.71. The van der Waals surface area contributed by atoms with E-state index in [1.165, 1.54) is 0 Å². The molecule has 2 unspecified atom stereocenters. The molecule has 0 aromatic heterocycles.